The number of hydrogen-bond acceptors (Lipinski definition) is 5. The molecule has 3 aromatic rings. The summed E-state index contributed by atoms with van der Waals surface area (Å²) in [5.41, 5.74) is 3.79. The Morgan fingerprint density at radius 1 is 0.964 bits per heavy atom. The van der Waals surface area contributed by atoms with E-state index in [1.165, 1.54) is 0 Å². The zero-order chi connectivity index (χ0) is 19.9. The highest BCUT2D eigenvalue weighted by molar-refractivity contribution is 6.07. The highest BCUT2D eigenvalue weighted by Gasteiger charge is 2.15. The van der Waals surface area contributed by atoms with Gasteiger partial charge in [0.15, 0.2) is 0 Å². The molecule has 2 N–H and O–H groups in total. The molecule has 1 aromatic heterocycles. The standard InChI is InChI=1S/C22H21N3O3/c1-3-28-22(27)17-9-5-7-11-19(17)25-21(26)20-13-12-16(14-23-20)24-18-10-6-4-8-15(18)2/h4-14,24H,3H2,1-2H3,(H,25,26). The van der Waals surface area contributed by atoms with Crippen molar-refractivity contribution in [3.8, 4) is 0 Å². The molecule has 6 heteroatoms. The maximum absolute atomic E-state index is 12.5. The van der Waals surface area contributed by atoms with Gasteiger partial charge < -0.3 is 15.4 Å². The van der Waals surface area contributed by atoms with Crippen LogP contribution in [-0.4, -0.2) is 23.5 Å². The Bertz CT molecular complexity index is 984. The minimum atomic E-state index is -0.482. The fourth-order valence-electron chi connectivity index (χ4n) is 2.64. The van der Waals surface area contributed by atoms with Gasteiger partial charge in [0.2, 0.25) is 0 Å². The van der Waals surface area contributed by atoms with Crippen molar-refractivity contribution in [1.82, 2.24) is 4.98 Å². The molecular weight excluding hydrogens is 354 g/mol. The summed E-state index contributed by atoms with van der Waals surface area (Å²) in [6.07, 6.45) is 1.60. The lowest BCUT2D eigenvalue weighted by molar-refractivity contribution is 0.0527. The Labute approximate surface area is 163 Å². The van der Waals surface area contributed by atoms with Gasteiger partial charge in [-0.1, -0.05) is 30.3 Å². The summed E-state index contributed by atoms with van der Waals surface area (Å²) in [6.45, 7) is 4.01. The predicted octanol–water partition coefficient (Wildman–Crippen LogP) is 4.56. The van der Waals surface area contributed by atoms with Gasteiger partial charge in [-0.2, -0.15) is 0 Å². The van der Waals surface area contributed by atoms with Crippen LogP contribution >= 0.6 is 0 Å². The van der Waals surface area contributed by atoms with Crippen molar-refractivity contribution in [3.05, 3.63) is 83.7 Å². The third-order valence-corrected chi connectivity index (χ3v) is 4.09. The zero-order valence-corrected chi connectivity index (χ0v) is 15.7. The van der Waals surface area contributed by atoms with Gasteiger partial charge in [-0.25, -0.2) is 9.78 Å². The van der Waals surface area contributed by atoms with Crippen molar-refractivity contribution in [3.63, 3.8) is 0 Å². The van der Waals surface area contributed by atoms with Gasteiger partial charge >= 0.3 is 5.97 Å². The number of carbonyl (C=O) groups excluding carboxylic acids is 2. The number of pyridine rings is 1. The van der Waals surface area contributed by atoms with E-state index in [4.69, 9.17) is 4.74 Å². The van der Waals surface area contributed by atoms with Gasteiger partial charge in [0, 0.05) is 5.69 Å². The van der Waals surface area contributed by atoms with Gasteiger partial charge in [0.1, 0.15) is 5.69 Å². The molecule has 2 aromatic carbocycles. The van der Waals surface area contributed by atoms with Crippen LogP contribution in [0.4, 0.5) is 17.1 Å². The number of benzene rings is 2. The Balaban J connectivity index is 1.72. The Hall–Kier alpha value is -3.67. The lowest BCUT2D eigenvalue weighted by Gasteiger charge is -2.11. The maximum Gasteiger partial charge on any atom is 0.340 e. The van der Waals surface area contributed by atoms with Crippen LogP contribution in [0.2, 0.25) is 0 Å². The first-order chi connectivity index (χ1) is 13.6. The number of anilines is 3. The molecule has 28 heavy (non-hydrogen) atoms. The summed E-state index contributed by atoms with van der Waals surface area (Å²) in [5.74, 6) is -0.886. The number of ether oxygens (including phenoxy) is 1. The molecule has 1 amide bonds. The molecule has 0 radical (unpaired) electrons. The van der Waals surface area contributed by atoms with Crippen molar-refractivity contribution in [2.24, 2.45) is 0 Å². The molecular formula is C22H21N3O3. The fraction of sp³-hybridized carbons (Fsp3) is 0.136. The minimum Gasteiger partial charge on any atom is -0.462 e. The second kappa shape index (κ2) is 8.81. The molecule has 0 saturated carbocycles. The topological polar surface area (TPSA) is 80.3 Å². The van der Waals surface area contributed by atoms with Crippen LogP contribution in [0.15, 0.2) is 66.9 Å². The molecule has 0 aliphatic rings. The van der Waals surface area contributed by atoms with Crippen LogP contribution in [-0.2, 0) is 4.74 Å². The van der Waals surface area contributed by atoms with Gasteiger partial charge in [0.25, 0.3) is 5.91 Å². The van der Waals surface area contributed by atoms with Gasteiger partial charge in [-0.3, -0.25) is 4.79 Å². The van der Waals surface area contributed by atoms with Crippen LogP contribution in [0.25, 0.3) is 0 Å². The molecule has 0 spiro atoms. The molecule has 0 fully saturated rings. The van der Waals surface area contributed by atoms with Crippen LogP contribution in [0.5, 0.6) is 0 Å². The second-order valence-electron chi connectivity index (χ2n) is 6.09. The predicted molar refractivity (Wildman–Crippen MR) is 109 cm³/mol. The lowest BCUT2D eigenvalue weighted by Crippen LogP contribution is -2.17. The number of hydrogen-bond donors (Lipinski definition) is 2. The number of nitrogens with zero attached hydrogens (tertiary/aromatic N) is 1. The molecule has 0 bridgehead atoms. The number of para-hydroxylation sites is 2. The largest absolute Gasteiger partial charge is 0.462 e. The fourth-order valence-corrected chi connectivity index (χ4v) is 2.64. The SMILES string of the molecule is CCOC(=O)c1ccccc1NC(=O)c1ccc(Nc2ccccc2C)cn1. The summed E-state index contributed by atoms with van der Waals surface area (Å²) in [7, 11) is 0. The molecule has 0 aliphatic carbocycles. The number of nitrogens with one attached hydrogen (secondary N) is 2. The molecule has 6 nitrogen and oxygen atoms in total. The van der Waals surface area contributed by atoms with E-state index in [1.807, 2.05) is 31.2 Å². The maximum atomic E-state index is 12.5. The molecule has 0 aliphatic heterocycles. The average Bonchev–Trinajstić information content (AvgIpc) is 2.71. The number of carbonyl (C=O) groups is 2. The summed E-state index contributed by atoms with van der Waals surface area (Å²) < 4.78 is 5.02. The number of aromatic nitrogens is 1. The smallest absolute Gasteiger partial charge is 0.340 e. The van der Waals surface area contributed by atoms with Crippen molar-refractivity contribution in [2.75, 3.05) is 17.2 Å². The number of esters is 1. The third-order valence-electron chi connectivity index (χ3n) is 4.09. The minimum absolute atomic E-state index is 0.244. The first-order valence-corrected chi connectivity index (χ1v) is 8.94. The summed E-state index contributed by atoms with van der Waals surface area (Å²) in [4.78, 5) is 28.8. The van der Waals surface area contributed by atoms with Crippen molar-refractivity contribution in [2.45, 2.75) is 13.8 Å². The molecule has 0 unspecified atom stereocenters. The van der Waals surface area contributed by atoms with Crippen LogP contribution in [0.3, 0.4) is 0 Å². The summed E-state index contributed by atoms with van der Waals surface area (Å²) in [5, 5.41) is 5.99. The van der Waals surface area contributed by atoms with E-state index >= 15 is 0 Å². The number of aryl methyl sites for hydroxylation is 1. The van der Waals surface area contributed by atoms with Crippen molar-refractivity contribution < 1.29 is 14.3 Å². The number of amides is 1. The van der Waals surface area contributed by atoms with E-state index in [-0.39, 0.29) is 12.3 Å². The Morgan fingerprint density at radius 3 is 2.36 bits per heavy atom. The second-order valence-corrected chi connectivity index (χ2v) is 6.09. The van der Waals surface area contributed by atoms with Crippen LogP contribution in [0, 0.1) is 6.92 Å². The molecule has 0 atom stereocenters. The Kier molecular flexibility index (Phi) is 6.01. The quantitative estimate of drug-likeness (QED) is 0.617. The third kappa shape index (κ3) is 4.54. The van der Waals surface area contributed by atoms with Crippen molar-refractivity contribution in [1.29, 1.82) is 0 Å². The monoisotopic (exact) mass is 375 g/mol. The van der Waals surface area contributed by atoms with E-state index in [2.05, 4.69) is 15.6 Å². The molecule has 0 saturated heterocycles. The molecule has 3 rings (SSSR count). The van der Waals surface area contributed by atoms with Gasteiger partial charge in [-0.05, 0) is 49.7 Å². The molecule has 142 valence electrons. The number of rotatable bonds is 6. The van der Waals surface area contributed by atoms with E-state index < -0.39 is 11.9 Å². The van der Waals surface area contributed by atoms with E-state index in [0.717, 1.165) is 16.9 Å². The van der Waals surface area contributed by atoms with Crippen molar-refractivity contribution >= 4 is 28.9 Å². The Morgan fingerprint density at radius 2 is 1.68 bits per heavy atom. The first kappa shape index (κ1) is 19.1. The zero-order valence-electron chi connectivity index (χ0n) is 15.7. The van der Waals surface area contributed by atoms with Crippen LogP contribution < -0.4 is 10.6 Å². The highest BCUT2D eigenvalue weighted by Crippen LogP contribution is 2.20. The van der Waals surface area contributed by atoms with E-state index in [9.17, 15) is 9.59 Å². The highest BCUT2D eigenvalue weighted by atomic mass is 16.5. The lowest BCUT2D eigenvalue weighted by atomic mass is 10.1. The average molecular weight is 375 g/mol. The first-order valence-electron chi connectivity index (χ1n) is 8.94. The summed E-state index contributed by atoms with van der Waals surface area (Å²) in [6, 6.07) is 18.0. The van der Waals surface area contributed by atoms with Crippen LogP contribution in [0.1, 0.15) is 33.3 Å². The van der Waals surface area contributed by atoms with Gasteiger partial charge in [-0.15, -0.1) is 0 Å². The van der Waals surface area contributed by atoms with E-state index in [1.54, 1.807) is 49.5 Å². The normalized spacial score (nSPS) is 10.2. The molecule has 1 heterocycles. The van der Waals surface area contributed by atoms with E-state index in [0.29, 0.717) is 11.3 Å². The van der Waals surface area contributed by atoms with Gasteiger partial charge in [0.05, 0.1) is 29.7 Å². The summed E-state index contributed by atoms with van der Waals surface area (Å²) >= 11 is 0.